The number of carbonyl (C=O) groups excluding carboxylic acids is 1. The molecule has 0 aromatic heterocycles. The average molecular weight is 284 g/mol. The van der Waals surface area contributed by atoms with E-state index < -0.39 is 0 Å². The fourth-order valence-electron chi connectivity index (χ4n) is 1.88. The van der Waals surface area contributed by atoms with Gasteiger partial charge in [0.2, 0.25) is 0 Å². The van der Waals surface area contributed by atoms with E-state index in [1.165, 1.54) is 0 Å². The molecule has 106 valence electrons. The number of halogens is 1. The summed E-state index contributed by atoms with van der Waals surface area (Å²) in [4.78, 5) is 16.3. The molecule has 1 rings (SSSR count). The highest BCUT2D eigenvalue weighted by Crippen LogP contribution is 2.19. The van der Waals surface area contributed by atoms with Crippen LogP contribution in [0.25, 0.3) is 0 Å². The zero-order valence-corrected chi connectivity index (χ0v) is 12.6. The van der Waals surface area contributed by atoms with Crippen LogP contribution in [0.3, 0.4) is 0 Å². The molecule has 1 aromatic carbocycles. The quantitative estimate of drug-likeness (QED) is 0.815. The molecule has 0 radical (unpaired) electrons. The minimum Gasteiger partial charge on any atom is -0.398 e. The van der Waals surface area contributed by atoms with E-state index in [1.54, 1.807) is 18.2 Å². The monoisotopic (exact) mass is 283 g/mol. The molecule has 0 fully saturated rings. The number of carbonyl (C=O) groups is 1. The molecule has 0 saturated carbocycles. The zero-order chi connectivity index (χ0) is 14.4. The standard InChI is InChI=1S/C14H22ClN3O/c1-4-18(9-5-8-17(2)3)14(19)12-7-6-11(15)10-13(12)16/h6-7,10H,4-5,8-9,16H2,1-3H3. The van der Waals surface area contributed by atoms with Crippen molar-refractivity contribution in [1.29, 1.82) is 0 Å². The summed E-state index contributed by atoms with van der Waals surface area (Å²) in [6, 6.07) is 5.00. The first-order valence-corrected chi connectivity index (χ1v) is 6.82. The minimum absolute atomic E-state index is 0.0320. The second-order valence-electron chi connectivity index (χ2n) is 4.77. The molecule has 0 bridgehead atoms. The number of nitrogens with two attached hydrogens (primary N) is 1. The van der Waals surface area contributed by atoms with Crippen LogP contribution < -0.4 is 5.73 Å². The smallest absolute Gasteiger partial charge is 0.255 e. The van der Waals surface area contributed by atoms with Crippen LogP contribution >= 0.6 is 11.6 Å². The van der Waals surface area contributed by atoms with Crippen molar-refractivity contribution in [2.75, 3.05) is 39.5 Å². The van der Waals surface area contributed by atoms with E-state index in [0.717, 1.165) is 19.5 Å². The lowest BCUT2D eigenvalue weighted by Gasteiger charge is -2.22. The Morgan fingerprint density at radius 1 is 1.32 bits per heavy atom. The third-order valence-electron chi connectivity index (χ3n) is 2.95. The Balaban J connectivity index is 2.72. The van der Waals surface area contributed by atoms with Gasteiger partial charge in [-0.25, -0.2) is 0 Å². The molecule has 0 spiro atoms. The summed E-state index contributed by atoms with van der Waals surface area (Å²) in [6.07, 6.45) is 0.945. The minimum atomic E-state index is -0.0320. The number of amides is 1. The van der Waals surface area contributed by atoms with Crippen molar-refractivity contribution in [3.63, 3.8) is 0 Å². The lowest BCUT2D eigenvalue weighted by Crippen LogP contribution is -2.33. The maximum atomic E-state index is 12.4. The molecule has 0 saturated heterocycles. The van der Waals surface area contributed by atoms with E-state index in [4.69, 9.17) is 17.3 Å². The molecular weight excluding hydrogens is 262 g/mol. The van der Waals surface area contributed by atoms with E-state index in [9.17, 15) is 4.79 Å². The normalized spacial score (nSPS) is 10.8. The van der Waals surface area contributed by atoms with Gasteiger partial charge in [-0.3, -0.25) is 4.79 Å². The molecule has 1 amide bonds. The van der Waals surface area contributed by atoms with Gasteiger partial charge in [0.1, 0.15) is 0 Å². The summed E-state index contributed by atoms with van der Waals surface area (Å²) < 4.78 is 0. The molecule has 19 heavy (non-hydrogen) atoms. The van der Waals surface area contributed by atoms with Crippen LogP contribution in [0, 0.1) is 0 Å². The van der Waals surface area contributed by atoms with Crippen LogP contribution in [0.1, 0.15) is 23.7 Å². The van der Waals surface area contributed by atoms with Crippen molar-refractivity contribution in [3.05, 3.63) is 28.8 Å². The maximum Gasteiger partial charge on any atom is 0.255 e. The number of benzene rings is 1. The molecule has 0 aliphatic rings. The van der Waals surface area contributed by atoms with Crippen LogP contribution in [-0.4, -0.2) is 49.4 Å². The Morgan fingerprint density at radius 2 is 2.00 bits per heavy atom. The van der Waals surface area contributed by atoms with Gasteiger partial charge in [-0.15, -0.1) is 0 Å². The highest BCUT2D eigenvalue weighted by Gasteiger charge is 2.16. The van der Waals surface area contributed by atoms with Crippen molar-refractivity contribution in [3.8, 4) is 0 Å². The summed E-state index contributed by atoms with van der Waals surface area (Å²) in [5.74, 6) is -0.0320. The zero-order valence-electron chi connectivity index (χ0n) is 11.8. The van der Waals surface area contributed by atoms with Crippen LogP contribution in [0.5, 0.6) is 0 Å². The second-order valence-corrected chi connectivity index (χ2v) is 5.21. The summed E-state index contributed by atoms with van der Waals surface area (Å²) >= 11 is 5.84. The van der Waals surface area contributed by atoms with Gasteiger partial charge in [-0.05, 0) is 52.2 Å². The first-order chi connectivity index (χ1) is 8.95. The van der Waals surface area contributed by atoms with Gasteiger partial charge in [0.25, 0.3) is 5.91 Å². The van der Waals surface area contributed by atoms with Gasteiger partial charge >= 0.3 is 0 Å². The number of rotatable bonds is 6. The molecular formula is C14H22ClN3O. The van der Waals surface area contributed by atoms with E-state index in [0.29, 0.717) is 22.8 Å². The Bertz CT molecular complexity index is 435. The SMILES string of the molecule is CCN(CCCN(C)C)C(=O)c1ccc(Cl)cc1N. The molecule has 0 aliphatic heterocycles. The largest absolute Gasteiger partial charge is 0.398 e. The van der Waals surface area contributed by atoms with Crippen LogP contribution in [0.2, 0.25) is 5.02 Å². The highest BCUT2D eigenvalue weighted by molar-refractivity contribution is 6.31. The van der Waals surface area contributed by atoms with Crippen molar-refractivity contribution in [2.45, 2.75) is 13.3 Å². The fraction of sp³-hybridized carbons (Fsp3) is 0.500. The number of nitrogens with zero attached hydrogens (tertiary/aromatic N) is 2. The Hall–Kier alpha value is -1.26. The highest BCUT2D eigenvalue weighted by atomic mass is 35.5. The molecule has 0 heterocycles. The van der Waals surface area contributed by atoms with E-state index >= 15 is 0 Å². The predicted molar refractivity (Wildman–Crippen MR) is 80.6 cm³/mol. The van der Waals surface area contributed by atoms with Crippen molar-refractivity contribution < 1.29 is 4.79 Å². The topological polar surface area (TPSA) is 49.6 Å². The van der Waals surface area contributed by atoms with Crippen molar-refractivity contribution in [1.82, 2.24) is 9.80 Å². The average Bonchev–Trinajstić information content (AvgIpc) is 2.33. The van der Waals surface area contributed by atoms with E-state index in [2.05, 4.69) is 4.90 Å². The molecule has 4 nitrogen and oxygen atoms in total. The van der Waals surface area contributed by atoms with Gasteiger partial charge in [-0.2, -0.15) is 0 Å². The van der Waals surface area contributed by atoms with Crippen LogP contribution in [-0.2, 0) is 0 Å². The number of nitrogen functional groups attached to an aromatic ring is 1. The van der Waals surface area contributed by atoms with Crippen LogP contribution in [0.15, 0.2) is 18.2 Å². The molecule has 0 aliphatic carbocycles. The lowest BCUT2D eigenvalue weighted by molar-refractivity contribution is 0.0760. The van der Waals surface area contributed by atoms with Crippen molar-refractivity contribution in [2.24, 2.45) is 0 Å². The third kappa shape index (κ3) is 4.73. The summed E-state index contributed by atoms with van der Waals surface area (Å²) in [5.41, 5.74) is 6.81. The Labute approximate surface area is 120 Å². The molecule has 1 aromatic rings. The molecule has 0 unspecified atom stereocenters. The number of anilines is 1. The fourth-order valence-corrected chi connectivity index (χ4v) is 2.06. The summed E-state index contributed by atoms with van der Waals surface area (Å²) in [7, 11) is 4.05. The van der Waals surface area contributed by atoms with E-state index in [-0.39, 0.29) is 5.91 Å². The Kier molecular flexibility index (Phi) is 6.12. The first-order valence-electron chi connectivity index (χ1n) is 6.44. The molecule has 5 heteroatoms. The third-order valence-corrected chi connectivity index (χ3v) is 3.18. The van der Waals surface area contributed by atoms with E-state index in [1.807, 2.05) is 25.9 Å². The number of hydrogen-bond acceptors (Lipinski definition) is 3. The maximum absolute atomic E-state index is 12.4. The van der Waals surface area contributed by atoms with Crippen molar-refractivity contribution >= 4 is 23.2 Å². The molecule has 2 N–H and O–H groups in total. The van der Waals surface area contributed by atoms with Gasteiger partial charge in [0, 0.05) is 23.8 Å². The lowest BCUT2D eigenvalue weighted by atomic mass is 10.1. The summed E-state index contributed by atoms with van der Waals surface area (Å²) in [5, 5.41) is 0.546. The Morgan fingerprint density at radius 3 is 2.53 bits per heavy atom. The second kappa shape index (κ2) is 7.36. The molecule has 0 atom stereocenters. The van der Waals surface area contributed by atoms with Gasteiger partial charge in [0.05, 0.1) is 5.56 Å². The van der Waals surface area contributed by atoms with Crippen LogP contribution in [0.4, 0.5) is 5.69 Å². The number of hydrogen-bond donors (Lipinski definition) is 1. The van der Waals surface area contributed by atoms with Gasteiger partial charge in [-0.1, -0.05) is 11.6 Å². The van der Waals surface area contributed by atoms with Gasteiger partial charge < -0.3 is 15.5 Å². The van der Waals surface area contributed by atoms with Gasteiger partial charge in [0.15, 0.2) is 0 Å². The first kappa shape index (κ1) is 15.8. The predicted octanol–water partition coefficient (Wildman–Crippen LogP) is 2.34. The summed E-state index contributed by atoms with van der Waals surface area (Å²) in [6.45, 7) is 4.34.